The van der Waals surface area contributed by atoms with Crippen LogP contribution in [0.25, 0.3) is 0 Å². The molecule has 0 fully saturated rings. The highest BCUT2D eigenvalue weighted by Crippen LogP contribution is 2.32. The minimum Gasteiger partial charge on any atom is -0.508 e. The molecule has 8 nitrogen and oxygen atoms in total. The van der Waals surface area contributed by atoms with Gasteiger partial charge in [-0.25, -0.2) is 4.79 Å². The quantitative estimate of drug-likeness (QED) is 0.265. The van der Waals surface area contributed by atoms with Crippen molar-refractivity contribution in [3.8, 4) is 5.75 Å². The fourth-order valence-electron chi connectivity index (χ4n) is 4.57. The fraction of sp³-hybridized carbons (Fsp3) is 0.382. The van der Waals surface area contributed by atoms with E-state index in [1.807, 2.05) is 81.4 Å². The number of hydrogen-bond acceptors (Lipinski definition) is 5. The average Bonchev–Trinajstić information content (AvgIpc) is 2.95. The van der Waals surface area contributed by atoms with E-state index in [-0.39, 0.29) is 18.1 Å². The molecule has 3 rings (SSSR count). The van der Waals surface area contributed by atoms with E-state index in [0.29, 0.717) is 18.5 Å². The summed E-state index contributed by atoms with van der Waals surface area (Å²) < 4.78 is 5.51. The average molecular weight is 574 g/mol. The lowest BCUT2D eigenvalue weighted by atomic mass is 9.91. The molecule has 0 saturated heterocycles. The molecule has 224 valence electrons. The number of nitrogens with one attached hydrogen (secondary N) is 2. The van der Waals surface area contributed by atoms with Crippen LogP contribution in [0.2, 0.25) is 0 Å². The molecule has 3 aromatic rings. The maximum atomic E-state index is 14.6. The van der Waals surface area contributed by atoms with E-state index in [2.05, 4.69) is 10.6 Å². The second-order valence-electron chi connectivity index (χ2n) is 12.0. The van der Waals surface area contributed by atoms with Crippen molar-refractivity contribution >= 4 is 17.9 Å². The minimum atomic E-state index is -1.05. The van der Waals surface area contributed by atoms with Crippen molar-refractivity contribution in [1.29, 1.82) is 0 Å². The molecular formula is C34H43N3O5. The summed E-state index contributed by atoms with van der Waals surface area (Å²) in [5.41, 5.74) is 0.759. The van der Waals surface area contributed by atoms with Crippen LogP contribution in [0.3, 0.4) is 0 Å². The molecule has 0 spiro atoms. The third-order valence-electron chi connectivity index (χ3n) is 7.05. The van der Waals surface area contributed by atoms with Gasteiger partial charge in [-0.3, -0.25) is 9.59 Å². The Kier molecular flexibility index (Phi) is 10.8. The Morgan fingerprint density at radius 1 is 0.833 bits per heavy atom. The third kappa shape index (κ3) is 9.09. The normalized spacial score (nSPS) is 13.0. The van der Waals surface area contributed by atoms with Gasteiger partial charge in [0, 0.05) is 18.5 Å². The van der Waals surface area contributed by atoms with Crippen LogP contribution < -0.4 is 10.6 Å². The van der Waals surface area contributed by atoms with E-state index in [1.165, 1.54) is 12.1 Å². The zero-order chi connectivity index (χ0) is 30.9. The van der Waals surface area contributed by atoms with Gasteiger partial charge in [0.2, 0.25) is 11.8 Å². The molecule has 0 aliphatic carbocycles. The largest absolute Gasteiger partial charge is 0.508 e. The summed E-state index contributed by atoms with van der Waals surface area (Å²) in [5.74, 6) is -0.667. The lowest BCUT2D eigenvalue weighted by molar-refractivity contribution is -0.149. The van der Waals surface area contributed by atoms with Gasteiger partial charge in [-0.2, -0.15) is 0 Å². The minimum absolute atomic E-state index is 0.0923. The third-order valence-corrected chi connectivity index (χ3v) is 7.05. The van der Waals surface area contributed by atoms with Crippen molar-refractivity contribution in [2.24, 2.45) is 0 Å². The molecule has 3 N–H and O–H groups in total. The number of benzene rings is 3. The number of nitrogens with zero attached hydrogens (tertiary/aromatic N) is 1. The zero-order valence-corrected chi connectivity index (χ0v) is 25.4. The highest BCUT2D eigenvalue weighted by atomic mass is 16.6. The Morgan fingerprint density at radius 3 is 1.95 bits per heavy atom. The number of carbonyl (C=O) groups excluding carboxylic acids is 3. The van der Waals surface area contributed by atoms with Gasteiger partial charge in [0.15, 0.2) is 0 Å². The van der Waals surface area contributed by atoms with Crippen LogP contribution in [0.1, 0.15) is 70.7 Å². The number of phenols is 1. The van der Waals surface area contributed by atoms with Gasteiger partial charge in [-0.05, 0) is 69.9 Å². The molecule has 3 amide bonds. The van der Waals surface area contributed by atoms with Crippen molar-refractivity contribution in [3.05, 3.63) is 102 Å². The summed E-state index contributed by atoms with van der Waals surface area (Å²) in [4.78, 5) is 43.2. The summed E-state index contributed by atoms with van der Waals surface area (Å²) in [6, 6.07) is 23.2. The van der Waals surface area contributed by atoms with Gasteiger partial charge in [0.05, 0.1) is 0 Å². The Hall–Kier alpha value is -4.33. The molecule has 8 heteroatoms. The molecule has 2 unspecified atom stereocenters. The second kappa shape index (κ2) is 14.0. The standard InChI is InChI=1S/C34H43N3O5/c1-7-34(5,6)37(29(26-16-12-9-13-17-26)30(39)35-23-25-14-10-8-11-15-25)31(40)28(36-32(41)42-33(2,3)4)22-24-18-20-27(38)21-19-24/h8-21,28-29,38H,7,22-23H2,1-6H3,(H,35,39)(H,36,41). The first-order chi connectivity index (χ1) is 19.8. The van der Waals surface area contributed by atoms with Crippen molar-refractivity contribution < 1.29 is 24.2 Å². The zero-order valence-electron chi connectivity index (χ0n) is 25.4. The molecule has 2 atom stereocenters. The molecule has 0 heterocycles. The highest BCUT2D eigenvalue weighted by molar-refractivity contribution is 5.93. The summed E-state index contributed by atoms with van der Waals surface area (Å²) >= 11 is 0. The molecule has 0 radical (unpaired) electrons. The van der Waals surface area contributed by atoms with Crippen molar-refractivity contribution in [2.75, 3.05) is 0 Å². The van der Waals surface area contributed by atoms with E-state index in [9.17, 15) is 19.5 Å². The van der Waals surface area contributed by atoms with E-state index >= 15 is 0 Å². The molecule has 3 aromatic carbocycles. The van der Waals surface area contributed by atoms with Crippen LogP contribution in [0, 0.1) is 0 Å². The molecular weight excluding hydrogens is 530 g/mol. The van der Waals surface area contributed by atoms with Crippen LogP contribution in [0.15, 0.2) is 84.9 Å². The number of aromatic hydroxyl groups is 1. The lowest BCUT2D eigenvalue weighted by Gasteiger charge is -2.44. The first-order valence-electron chi connectivity index (χ1n) is 14.3. The van der Waals surface area contributed by atoms with Gasteiger partial charge in [-0.1, -0.05) is 79.7 Å². The van der Waals surface area contributed by atoms with Gasteiger partial charge in [0.25, 0.3) is 0 Å². The second-order valence-corrected chi connectivity index (χ2v) is 12.0. The van der Waals surface area contributed by atoms with Crippen molar-refractivity contribution in [2.45, 2.75) is 84.2 Å². The number of rotatable bonds is 11. The molecule has 0 aliphatic rings. The van der Waals surface area contributed by atoms with Gasteiger partial charge in [0.1, 0.15) is 23.4 Å². The molecule has 0 saturated carbocycles. The van der Waals surface area contributed by atoms with Crippen LogP contribution >= 0.6 is 0 Å². The van der Waals surface area contributed by atoms with E-state index < -0.39 is 35.2 Å². The Labute approximate surface area is 249 Å². The summed E-state index contributed by atoms with van der Waals surface area (Å²) in [7, 11) is 0. The first kappa shape index (κ1) is 32.2. The van der Waals surface area contributed by atoms with Gasteiger partial charge < -0.3 is 25.4 Å². The molecule has 42 heavy (non-hydrogen) atoms. The maximum absolute atomic E-state index is 14.6. The van der Waals surface area contributed by atoms with Crippen LogP contribution in [-0.4, -0.2) is 45.1 Å². The fourth-order valence-corrected chi connectivity index (χ4v) is 4.57. The van der Waals surface area contributed by atoms with Crippen LogP contribution in [0.4, 0.5) is 4.79 Å². The summed E-state index contributed by atoms with van der Waals surface area (Å²) in [5, 5.41) is 15.6. The lowest BCUT2D eigenvalue weighted by Crippen LogP contribution is -2.59. The van der Waals surface area contributed by atoms with E-state index in [4.69, 9.17) is 4.74 Å². The van der Waals surface area contributed by atoms with Crippen LogP contribution in [-0.2, 0) is 27.3 Å². The number of phenolic OH excluding ortho intramolecular Hbond substituents is 1. The van der Waals surface area contributed by atoms with Crippen molar-refractivity contribution in [3.63, 3.8) is 0 Å². The predicted octanol–water partition coefficient (Wildman–Crippen LogP) is 5.90. The topological polar surface area (TPSA) is 108 Å². The molecule has 0 bridgehead atoms. The smallest absolute Gasteiger partial charge is 0.408 e. The number of ether oxygens (including phenoxy) is 1. The number of hydrogen-bond donors (Lipinski definition) is 3. The van der Waals surface area contributed by atoms with Crippen molar-refractivity contribution in [1.82, 2.24) is 15.5 Å². The number of alkyl carbamates (subject to hydrolysis) is 1. The Bertz CT molecular complexity index is 1320. The summed E-state index contributed by atoms with van der Waals surface area (Å²) in [6.07, 6.45) is -0.0625. The Balaban J connectivity index is 2.06. The first-order valence-corrected chi connectivity index (χ1v) is 14.3. The SMILES string of the molecule is CCC(C)(C)N(C(=O)C(Cc1ccc(O)cc1)NC(=O)OC(C)(C)C)C(C(=O)NCc1ccccc1)c1ccccc1. The van der Waals surface area contributed by atoms with Gasteiger partial charge >= 0.3 is 6.09 Å². The number of carbonyl (C=O) groups is 3. The maximum Gasteiger partial charge on any atom is 0.408 e. The highest BCUT2D eigenvalue weighted by Gasteiger charge is 2.43. The van der Waals surface area contributed by atoms with Crippen LogP contribution in [0.5, 0.6) is 5.75 Å². The Morgan fingerprint density at radius 2 is 1.40 bits per heavy atom. The molecule has 0 aromatic heterocycles. The molecule has 0 aliphatic heterocycles. The predicted molar refractivity (Wildman–Crippen MR) is 164 cm³/mol. The van der Waals surface area contributed by atoms with Gasteiger partial charge in [-0.15, -0.1) is 0 Å². The monoisotopic (exact) mass is 573 g/mol. The summed E-state index contributed by atoms with van der Waals surface area (Å²) in [6.45, 7) is 11.3. The van der Waals surface area contributed by atoms with E-state index in [0.717, 1.165) is 11.1 Å². The van der Waals surface area contributed by atoms with E-state index in [1.54, 1.807) is 37.8 Å². The number of amides is 3.